The Morgan fingerprint density at radius 3 is 3.19 bits per heavy atom. The molecule has 84 valence electrons. The van der Waals surface area contributed by atoms with Crippen LogP contribution in [0.4, 0.5) is 0 Å². The molecule has 0 radical (unpaired) electrons. The Morgan fingerprint density at radius 1 is 1.62 bits per heavy atom. The minimum absolute atomic E-state index is 0.0656. The quantitative estimate of drug-likeness (QED) is 0.790. The summed E-state index contributed by atoms with van der Waals surface area (Å²) in [7, 11) is 1.47. The van der Waals surface area contributed by atoms with Gasteiger partial charge in [0.25, 0.3) is 0 Å². The molecule has 6 heteroatoms. The number of ketones is 1. The lowest BCUT2D eigenvalue weighted by molar-refractivity contribution is -0.122. The van der Waals surface area contributed by atoms with Gasteiger partial charge in [0.15, 0.2) is 5.78 Å². The highest BCUT2D eigenvalue weighted by Gasteiger charge is 2.12. The maximum Gasteiger partial charge on any atom is 0.234 e. The van der Waals surface area contributed by atoms with Crippen LogP contribution >= 0.6 is 11.3 Å². The summed E-state index contributed by atoms with van der Waals surface area (Å²) >= 11 is 1.56. The molecule has 0 saturated carbocycles. The van der Waals surface area contributed by atoms with Crippen LogP contribution in [0.2, 0.25) is 0 Å². The molecule has 0 unspecified atom stereocenters. The first-order chi connectivity index (χ1) is 7.79. The van der Waals surface area contributed by atoms with Crippen LogP contribution in [0.15, 0.2) is 21.3 Å². The van der Waals surface area contributed by atoms with E-state index in [2.05, 4.69) is 10.1 Å². The highest BCUT2D eigenvalue weighted by atomic mass is 32.1. The molecule has 16 heavy (non-hydrogen) atoms. The van der Waals surface area contributed by atoms with Crippen molar-refractivity contribution in [2.45, 2.75) is 6.42 Å². The number of Topliss-reactive ketones (excluding diaryl/α,β-unsaturated/α-hetero) is 1. The molecule has 0 atom stereocenters. The Hall–Kier alpha value is -1.53. The van der Waals surface area contributed by atoms with Crippen molar-refractivity contribution < 1.29 is 14.1 Å². The number of rotatable bonds is 5. The van der Waals surface area contributed by atoms with E-state index in [9.17, 15) is 4.79 Å². The second-order valence-corrected chi connectivity index (χ2v) is 3.95. The van der Waals surface area contributed by atoms with E-state index in [1.54, 1.807) is 11.3 Å². The average Bonchev–Trinajstić information content (AvgIpc) is 2.86. The zero-order chi connectivity index (χ0) is 11.4. The molecule has 0 saturated heterocycles. The van der Waals surface area contributed by atoms with E-state index in [0.717, 1.165) is 5.56 Å². The smallest absolute Gasteiger partial charge is 0.234 e. The summed E-state index contributed by atoms with van der Waals surface area (Å²) in [6, 6.07) is 1.90. The van der Waals surface area contributed by atoms with Gasteiger partial charge < -0.3 is 9.26 Å². The standard InChI is InChI=1S/C10H10N2O3S/c1-14-5-8(13)4-9-11-10(12-15-9)7-2-3-16-6-7/h2-3,6H,4-5H2,1H3. The average molecular weight is 238 g/mol. The van der Waals surface area contributed by atoms with Crippen LogP contribution < -0.4 is 0 Å². The minimum Gasteiger partial charge on any atom is -0.377 e. The number of carbonyl (C=O) groups excluding carboxylic acids is 1. The summed E-state index contributed by atoms with van der Waals surface area (Å²) in [5.74, 6) is 0.757. The molecular formula is C10H10N2O3S. The molecule has 5 nitrogen and oxygen atoms in total. The topological polar surface area (TPSA) is 65.2 Å². The third-order valence-electron chi connectivity index (χ3n) is 1.90. The van der Waals surface area contributed by atoms with Gasteiger partial charge in [-0.1, -0.05) is 5.16 Å². The Kier molecular flexibility index (Phi) is 3.43. The Labute approximate surface area is 96.0 Å². The first-order valence-electron chi connectivity index (χ1n) is 4.65. The molecule has 2 heterocycles. The molecule has 0 aromatic carbocycles. The molecule has 2 rings (SSSR count). The fourth-order valence-electron chi connectivity index (χ4n) is 1.22. The number of ether oxygens (including phenoxy) is 1. The molecule has 0 aliphatic carbocycles. The summed E-state index contributed by atoms with van der Waals surface area (Å²) in [4.78, 5) is 15.4. The van der Waals surface area contributed by atoms with E-state index in [0.29, 0.717) is 11.7 Å². The number of carbonyl (C=O) groups is 1. The van der Waals surface area contributed by atoms with E-state index in [4.69, 9.17) is 9.26 Å². The second-order valence-electron chi connectivity index (χ2n) is 3.17. The van der Waals surface area contributed by atoms with Gasteiger partial charge in [-0.05, 0) is 11.4 Å². The highest BCUT2D eigenvalue weighted by Crippen LogP contribution is 2.18. The summed E-state index contributed by atoms with van der Waals surface area (Å²) in [6.45, 7) is 0.0656. The van der Waals surface area contributed by atoms with Gasteiger partial charge in [0.1, 0.15) is 6.61 Å². The van der Waals surface area contributed by atoms with Crippen LogP contribution in [-0.4, -0.2) is 29.6 Å². The van der Waals surface area contributed by atoms with Gasteiger partial charge in [-0.3, -0.25) is 4.79 Å². The Bertz CT molecular complexity index is 464. The predicted molar refractivity (Wildman–Crippen MR) is 58.2 cm³/mol. The normalized spacial score (nSPS) is 10.6. The van der Waals surface area contributed by atoms with Crippen LogP contribution in [0.3, 0.4) is 0 Å². The first kappa shape index (κ1) is 11.0. The second kappa shape index (κ2) is 5.00. The minimum atomic E-state index is -0.0805. The van der Waals surface area contributed by atoms with Gasteiger partial charge in [-0.15, -0.1) is 0 Å². The number of hydrogen-bond donors (Lipinski definition) is 0. The van der Waals surface area contributed by atoms with E-state index in [-0.39, 0.29) is 18.8 Å². The molecule has 0 bridgehead atoms. The molecule has 2 aromatic rings. The SMILES string of the molecule is COCC(=O)Cc1nc(-c2ccsc2)no1. The number of nitrogens with zero attached hydrogens (tertiary/aromatic N) is 2. The fourth-order valence-corrected chi connectivity index (χ4v) is 1.85. The van der Waals surface area contributed by atoms with Crippen molar-refractivity contribution in [1.29, 1.82) is 0 Å². The van der Waals surface area contributed by atoms with Crippen LogP contribution in [-0.2, 0) is 16.0 Å². The molecule has 0 fully saturated rings. The van der Waals surface area contributed by atoms with Crippen molar-refractivity contribution in [3.05, 3.63) is 22.7 Å². The lowest BCUT2D eigenvalue weighted by Crippen LogP contribution is -2.09. The van der Waals surface area contributed by atoms with E-state index >= 15 is 0 Å². The fraction of sp³-hybridized carbons (Fsp3) is 0.300. The van der Waals surface area contributed by atoms with Gasteiger partial charge in [0.05, 0.1) is 6.42 Å². The zero-order valence-electron chi connectivity index (χ0n) is 8.67. The lowest BCUT2D eigenvalue weighted by atomic mass is 10.3. The molecule has 2 aromatic heterocycles. The number of aromatic nitrogens is 2. The van der Waals surface area contributed by atoms with E-state index < -0.39 is 0 Å². The molecule has 0 aliphatic rings. The summed E-state index contributed by atoms with van der Waals surface area (Å²) in [5, 5.41) is 7.65. The summed E-state index contributed by atoms with van der Waals surface area (Å²) in [5.41, 5.74) is 0.902. The Balaban J connectivity index is 2.06. The maximum absolute atomic E-state index is 11.3. The molecule has 0 N–H and O–H groups in total. The molecule has 0 spiro atoms. The number of hydrogen-bond acceptors (Lipinski definition) is 6. The van der Waals surface area contributed by atoms with Crippen LogP contribution in [0.25, 0.3) is 11.4 Å². The van der Waals surface area contributed by atoms with E-state index in [1.165, 1.54) is 7.11 Å². The van der Waals surface area contributed by atoms with Gasteiger partial charge >= 0.3 is 0 Å². The maximum atomic E-state index is 11.3. The molecular weight excluding hydrogens is 228 g/mol. The van der Waals surface area contributed by atoms with Crippen molar-refractivity contribution in [1.82, 2.24) is 10.1 Å². The first-order valence-corrected chi connectivity index (χ1v) is 5.59. The van der Waals surface area contributed by atoms with Crippen molar-refractivity contribution in [3.63, 3.8) is 0 Å². The van der Waals surface area contributed by atoms with Crippen molar-refractivity contribution >= 4 is 17.1 Å². The monoisotopic (exact) mass is 238 g/mol. The van der Waals surface area contributed by atoms with Gasteiger partial charge in [-0.2, -0.15) is 16.3 Å². The highest BCUT2D eigenvalue weighted by molar-refractivity contribution is 7.08. The zero-order valence-corrected chi connectivity index (χ0v) is 9.49. The molecule has 0 amide bonds. The largest absolute Gasteiger partial charge is 0.377 e. The number of methoxy groups -OCH3 is 1. The number of thiophene rings is 1. The summed E-state index contributed by atoms with van der Waals surface area (Å²) in [6.07, 6.45) is 0.116. The molecule has 0 aliphatic heterocycles. The van der Waals surface area contributed by atoms with Crippen LogP contribution in [0.5, 0.6) is 0 Å². The third kappa shape index (κ3) is 2.53. The van der Waals surface area contributed by atoms with Crippen LogP contribution in [0, 0.1) is 0 Å². The van der Waals surface area contributed by atoms with Crippen molar-refractivity contribution in [3.8, 4) is 11.4 Å². The van der Waals surface area contributed by atoms with Gasteiger partial charge in [-0.25, -0.2) is 0 Å². The predicted octanol–water partition coefficient (Wildman–Crippen LogP) is 1.56. The summed E-state index contributed by atoms with van der Waals surface area (Å²) < 4.78 is 9.69. The lowest BCUT2D eigenvalue weighted by Gasteiger charge is -1.93. The van der Waals surface area contributed by atoms with Crippen LogP contribution in [0.1, 0.15) is 5.89 Å². The Morgan fingerprint density at radius 2 is 2.50 bits per heavy atom. The van der Waals surface area contributed by atoms with Crippen molar-refractivity contribution in [2.75, 3.05) is 13.7 Å². The van der Waals surface area contributed by atoms with Crippen molar-refractivity contribution in [2.24, 2.45) is 0 Å². The van der Waals surface area contributed by atoms with Gasteiger partial charge in [0.2, 0.25) is 11.7 Å². The third-order valence-corrected chi connectivity index (χ3v) is 2.58. The van der Waals surface area contributed by atoms with E-state index in [1.807, 2.05) is 16.8 Å². The van der Waals surface area contributed by atoms with Gasteiger partial charge in [0, 0.05) is 18.1 Å².